The van der Waals surface area contributed by atoms with Crippen LogP contribution in [0.15, 0.2) is 47.7 Å². The van der Waals surface area contributed by atoms with Gasteiger partial charge in [0.25, 0.3) is 0 Å². The molecule has 0 spiro atoms. The standard InChI is InChI=1S/C18H18ClN3O/c1-3-11(2)16-18(23)21-15-5-4-13(19)10-14(15)17(22-16)12-6-8-20-9-7-12/h4-11,16H,3H2,1-2H3,(H,21,23)/t11?,16-/m0/s1. The topological polar surface area (TPSA) is 54.4 Å². The Morgan fingerprint density at radius 2 is 2.00 bits per heavy atom. The minimum Gasteiger partial charge on any atom is -0.324 e. The summed E-state index contributed by atoms with van der Waals surface area (Å²) in [7, 11) is 0. The van der Waals surface area contributed by atoms with E-state index in [0.29, 0.717) is 5.02 Å². The van der Waals surface area contributed by atoms with Gasteiger partial charge in [-0.2, -0.15) is 0 Å². The Kier molecular flexibility index (Phi) is 4.44. The molecule has 0 radical (unpaired) electrons. The Labute approximate surface area is 140 Å². The van der Waals surface area contributed by atoms with Crippen LogP contribution in [0.4, 0.5) is 5.69 Å². The number of amides is 1. The van der Waals surface area contributed by atoms with Crippen molar-refractivity contribution >= 4 is 28.9 Å². The molecule has 3 rings (SSSR count). The van der Waals surface area contributed by atoms with Crippen molar-refractivity contribution in [3.05, 3.63) is 58.9 Å². The van der Waals surface area contributed by atoms with Gasteiger partial charge in [0.05, 0.1) is 11.4 Å². The van der Waals surface area contributed by atoms with E-state index in [9.17, 15) is 4.79 Å². The summed E-state index contributed by atoms with van der Waals surface area (Å²) in [6, 6.07) is 8.81. The van der Waals surface area contributed by atoms with E-state index >= 15 is 0 Å². The molecule has 2 heterocycles. The number of anilines is 1. The number of carbonyl (C=O) groups excluding carboxylic acids is 1. The van der Waals surface area contributed by atoms with Gasteiger partial charge in [0, 0.05) is 28.5 Å². The summed E-state index contributed by atoms with van der Waals surface area (Å²) >= 11 is 6.17. The lowest BCUT2D eigenvalue weighted by Gasteiger charge is -2.17. The van der Waals surface area contributed by atoms with E-state index in [1.54, 1.807) is 18.5 Å². The van der Waals surface area contributed by atoms with Crippen LogP contribution >= 0.6 is 11.6 Å². The number of halogens is 1. The fraction of sp³-hybridized carbons (Fsp3) is 0.278. The first kappa shape index (κ1) is 15.7. The average molecular weight is 328 g/mol. The molecule has 1 N–H and O–H groups in total. The van der Waals surface area contributed by atoms with E-state index in [-0.39, 0.29) is 11.8 Å². The number of aliphatic imine (C=N–C) groups is 1. The SMILES string of the molecule is CCC(C)[C@@H]1N=C(c2ccncc2)c2cc(Cl)ccc2NC1=O. The lowest BCUT2D eigenvalue weighted by Crippen LogP contribution is -2.31. The molecule has 23 heavy (non-hydrogen) atoms. The highest BCUT2D eigenvalue weighted by Crippen LogP contribution is 2.29. The Morgan fingerprint density at radius 1 is 1.26 bits per heavy atom. The van der Waals surface area contributed by atoms with Gasteiger partial charge in [-0.15, -0.1) is 0 Å². The maximum atomic E-state index is 12.6. The summed E-state index contributed by atoms with van der Waals surface area (Å²) in [5.74, 6) is 0.0728. The quantitative estimate of drug-likeness (QED) is 0.928. The largest absolute Gasteiger partial charge is 0.324 e. The molecule has 1 aliphatic rings. The van der Waals surface area contributed by atoms with E-state index in [1.165, 1.54) is 0 Å². The van der Waals surface area contributed by atoms with E-state index < -0.39 is 6.04 Å². The minimum absolute atomic E-state index is 0.0769. The Balaban J connectivity index is 2.21. The molecule has 0 saturated heterocycles. The Morgan fingerprint density at radius 3 is 2.70 bits per heavy atom. The predicted molar refractivity (Wildman–Crippen MR) is 93.2 cm³/mol. The zero-order valence-corrected chi connectivity index (χ0v) is 13.8. The molecule has 2 aromatic rings. The van der Waals surface area contributed by atoms with Gasteiger partial charge >= 0.3 is 0 Å². The van der Waals surface area contributed by atoms with Crippen LogP contribution in [0.25, 0.3) is 0 Å². The number of rotatable bonds is 3. The third kappa shape index (κ3) is 3.13. The number of benzene rings is 1. The van der Waals surface area contributed by atoms with Gasteiger partial charge in [0.1, 0.15) is 6.04 Å². The molecule has 0 fully saturated rings. The van der Waals surface area contributed by atoms with Gasteiger partial charge in [-0.1, -0.05) is 31.9 Å². The van der Waals surface area contributed by atoms with Gasteiger partial charge in [-0.05, 0) is 36.2 Å². The molecule has 0 bridgehead atoms. The fourth-order valence-electron chi connectivity index (χ4n) is 2.64. The molecule has 1 amide bonds. The maximum absolute atomic E-state index is 12.6. The first-order chi connectivity index (χ1) is 11.1. The maximum Gasteiger partial charge on any atom is 0.249 e. The smallest absolute Gasteiger partial charge is 0.249 e. The molecule has 0 aliphatic carbocycles. The number of nitrogens with zero attached hydrogens (tertiary/aromatic N) is 2. The summed E-state index contributed by atoms with van der Waals surface area (Å²) in [5, 5.41) is 3.60. The number of aromatic nitrogens is 1. The van der Waals surface area contributed by atoms with Crippen LogP contribution in [-0.4, -0.2) is 22.6 Å². The first-order valence-electron chi connectivity index (χ1n) is 7.69. The van der Waals surface area contributed by atoms with Crippen LogP contribution in [0.2, 0.25) is 5.02 Å². The number of fused-ring (bicyclic) bond motifs is 1. The van der Waals surface area contributed by atoms with Crippen molar-refractivity contribution in [3.63, 3.8) is 0 Å². The van der Waals surface area contributed by atoms with Crippen molar-refractivity contribution in [2.75, 3.05) is 5.32 Å². The van der Waals surface area contributed by atoms with E-state index in [4.69, 9.17) is 16.6 Å². The molecule has 1 unspecified atom stereocenters. The summed E-state index contributed by atoms with van der Waals surface area (Å²) in [5.41, 5.74) is 3.27. The molecule has 1 aliphatic heterocycles. The zero-order valence-electron chi connectivity index (χ0n) is 13.1. The van der Waals surface area contributed by atoms with Crippen LogP contribution in [0.3, 0.4) is 0 Å². The normalized spacial score (nSPS) is 18.5. The van der Waals surface area contributed by atoms with Crippen molar-refractivity contribution in [1.82, 2.24) is 4.98 Å². The van der Waals surface area contributed by atoms with Crippen LogP contribution in [0.5, 0.6) is 0 Å². The van der Waals surface area contributed by atoms with Crippen molar-refractivity contribution in [3.8, 4) is 0 Å². The van der Waals surface area contributed by atoms with Crippen molar-refractivity contribution in [2.45, 2.75) is 26.3 Å². The van der Waals surface area contributed by atoms with Crippen molar-refractivity contribution in [1.29, 1.82) is 0 Å². The molecular weight excluding hydrogens is 310 g/mol. The third-order valence-corrected chi connectivity index (χ3v) is 4.40. The second kappa shape index (κ2) is 6.50. The summed E-state index contributed by atoms with van der Waals surface area (Å²) in [6.07, 6.45) is 4.32. The Bertz CT molecular complexity index is 758. The second-order valence-electron chi connectivity index (χ2n) is 5.72. The van der Waals surface area contributed by atoms with E-state index in [2.05, 4.69) is 17.2 Å². The molecule has 1 aromatic heterocycles. The molecule has 5 heteroatoms. The lowest BCUT2D eigenvalue weighted by atomic mass is 9.98. The third-order valence-electron chi connectivity index (χ3n) is 4.17. The van der Waals surface area contributed by atoms with Gasteiger partial charge in [0.15, 0.2) is 0 Å². The molecule has 2 atom stereocenters. The van der Waals surface area contributed by atoms with Crippen LogP contribution in [0.1, 0.15) is 31.4 Å². The Hall–Kier alpha value is -2.20. The lowest BCUT2D eigenvalue weighted by molar-refractivity contribution is -0.118. The predicted octanol–water partition coefficient (Wildman–Crippen LogP) is 3.94. The monoisotopic (exact) mass is 327 g/mol. The van der Waals surface area contributed by atoms with Crippen molar-refractivity contribution in [2.24, 2.45) is 10.9 Å². The van der Waals surface area contributed by atoms with E-state index in [1.807, 2.05) is 31.2 Å². The van der Waals surface area contributed by atoms with E-state index in [0.717, 1.165) is 28.9 Å². The van der Waals surface area contributed by atoms with Crippen LogP contribution in [-0.2, 0) is 4.79 Å². The van der Waals surface area contributed by atoms with Gasteiger partial charge in [-0.25, -0.2) is 0 Å². The molecule has 0 saturated carbocycles. The molecular formula is C18H18ClN3O. The highest BCUT2D eigenvalue weighted by molar-refractivity contribution is 6.32. The number of hydrogen-bond acceptors (Lipinski definition) is 3. The van der Waals surface area contributed by atoms with Gasteiger partial charge in [0.2, 0.25) is 5.91 Å². The van der Waals surface area contributed by atoms with Gasteiger partial charge in [-0.3, -0.25) is 14.8 Å². The summed E-state index contributed by atoms with van der Waals surface area (Å²) in [4.78, 5) is 21.4. The number of carbonyl (C=O) groups is 1. The van der Waals surface area contributed by atoms with Crippen LogP contribution in [0, 0.1) is 5.92 Å². The first-order valence-corrected chi connectivity index (χ1v) is 8.07. The van der Waals surface area contributed by atoms with Crippen molar-refractivity contribution < 1.29 is 4.79 Å². The second-order valence-corrected chi connectivity index (χ2v) is 6.16. The zero-order chi connectivity index (χ0) is 16.4. The number of hydrogen-bond donors (Lipinski definition) is 1. The fourth-order valence-corrected chi connectivity index (χ4v) is 2.82. The average Bonchev–Trinajstić information content (AvgIpc) is 2.71. The molecule has 1 aromatic carbocycles. The summed E-state index contributed by atoms with van der Waals surface area (Å²) < 4.78 is 0. The minimum atomic E-state index is -0.422. The molecule has 4 nitrogen and oxygen atoms in total. The molecule has 118 valence electrons. The summed E-state index contributed by atoms with van der Waals surface area (Å²) in [6.45, 7) is 4.11. The highest BCUT2D eigenvalue weighted by Gasteiger charge is 2.29. The number of benzodiazepines with no additional fused rings is 1. The number of nitrogens with one attached hydrogen (secondary N) is 1. The number of pyridine rings is 1. The van der Waals surface area contributed by atoms with Gasteiger partial charge < -0.3 is 5.32 Å². The highest BCUT2D eigenvalue weighted by atomic mass is 35.5. The van der Waals surface area contributed by atoms with Crippen LogP contribution < -0.4 is 5.32 Å².